The zero-order valence-electron chi connectivity index (χ0n) is 10.7. The van der Waals surface area contributed by atoms with Crippen molar-refractivity contribution in [2.24, 2.45) is 5.92 Å². The maximum Gasteiger partial charge on any atom is 0.140 e. The van der Waals surface area contributed by atoms with Crippen LogP contribution in [-0.2, 0) is 5.60 Å². The van der Waals surface area contributed by atoms with Gasteiger partial charge in [0, 0.05) is 10.9 Å². The fraction of sp³-hybridized carbons (Fsp3) is 0.467. The second kappa shape index (κ2) is 3.82. The SMILES string of the molecule is CCCC1CC1(O)c1oc2ccc(F)cc2c1C. The molecule has 2 aromatic rings. The Morgan fingerprint density at radius 2 is 2.28 bits per heavy atom. The highest BCUT2D eigenvalue weighted by Gasteiger charge is 2.56. The lowest BCUT2D eigenvalue weighted by atomic mass is 10.1. The number of rotatable bonds is 3. The van der Waals surface area contributed by atoms with Crippen LogP contribution < -0.4 is 0 Å². The summed E-state index contributed by atoms with van der Waals surface area (Å²) in [5.74, 6) is 0.638. The van der Waals surface area contributed by atoms with Gasteiger partial charge in [-0.3, -0.25) is 0 Å². The Labute approximate surface area is 105 Å². The van der Waals surface area contributed by atoms with Crippen LogP contribution in [0.3, 0.4) is 0 Å². The van der Waals surface area contributed by atoms with Gasteiger partial charge in [0.05, 0.1) is 0 Å². The highest BCUT2D eigenvalue weighted by Crippen LogP contribution is 2.56. The summed E-state index contributed by atoms with van der Waals surface area (Å²) in [6.45, 7) is 4.00. The minimum Gasteiger partial charge on any atom is -0.458 e. The van der Waals surface area contributed by atoms with Crippen LogP contribution >= 0.6 is 0 Å². The molecule has 0 bridgehead atoms. The molecule has 3 heteroatoms. The molecule has 1 N–H and O–H groups in total. The van der Waals surface area contributed by atoms with Gasteiger partial charge < -0.3 is 9.52 Å². The van der Waals surface area contributed by atoms with Crippen LogP contribution in [0.25, 0.3) is 11.0 Å². The molecule has 0 aliphatic heterocycles. The molecule has 0 spiro atoms. The minimum atomic E-state index is -0.824. The van der Waals surface area contributed by atoms with Gasteiger partial charge in [0.25, 0.3) is 0 Å². The highest BCUT2D eigenvalue weighted by molar-refractivity contribution is 5.82. The van der Waals surface area contributed by atoms with E-state index < -0.39 is 5.60 Å². The molecule has 1 aromatic carbocycles. The van der Waals surface area contributed by atoms with Crippen molar-refractivity contribution in [3.05, 3.63) is 35.3 Å². The predicted octanol–water partition coefficient (Wildman–Crippen LogP) is 3.89. The summed E-state index contributed by atoms with van der Waals surface area (Å²) in [4.78, 5) is 0. The third-order valence-electron chi connectivity index (χ3n) is 4.00. The number of fused-ring (bicyclic) bond motifs is 1. The Bertz CT molecular complexity index is 602. The van der Waals surface area contributed by atoms with Gasteiger partial charge in [0.15, 0.2) is 0 Å². The quantitative estimate of drug-likeness (QED) is 0.894. The molecule has 2 atom stereocenters. The standard InChI is InChI=1S/C15H17FO2/c1-3-4-10-8-15(10,17)14-9(2)12-7-11(16)5-6-13(12)18-14/h5-7,10,17H,3-4,8H2,1-2H3. The fourth-order valence-corrected chi connectivity index (χ4v) is 2.89. The van der Waals surface area contributed by atoms with E-state index in [0.717, 1.165) is 30.2 Å². The Hall–Kier alpha value is -1.35. The van der Waals surface area contributed by atoms with Crippen molar-refractivity contribution in [2.75, 3.05) is 0 Å². The fourth-order valence-electron chi connectivity index (χ4n) is 2.89. The summed E-state index contributed by atoms with van der Waals surface area (Å²) in [6, 6.07) is 4.48. The molecule has 18 heavy (non-hydrogen) atoms. The van der Waals surface area contributed by atoms with Gasteiger partial charge in [0.1, 0.15) is 22.8 Å². The Balaban J connectivity index is 2.06. The summed E-state index contributed by atoms with van der Waals surface area (Å²) in [7, 11) is 0. The van der Waals surface area contributed by atoms with Crippen molar-refractivity contribution in [1.82, 2.24) is 0 Å². The summed E-state index contributed by atoms with van der Waals surface area (Å²) >= 11 is 0. The van der Waals surface area contributed by atoms with E-state index in [1.54, 1.807) is 6.07 Å². The van der Waals surface area contributed by atoms with Gasteiger partial charge in [-0.2, -0.15) is 0 Å². The molecule has 2 unspecified atom stereocenters. The topological polar surface area (TPSA) is 33.4 Å². The van der Waals surface area contributed by atoms with Crippen LogP contribution in [0.15, 0.2) is 22.6 Å². The van der Waals surface area contributed by atoms with Crippen LogP contribution in [-0.4, -0.2) is 5.11 Å². The number of benzene rings is 1. The molecular formula is C15H17FO2. The lowest BCUT2D eigenvalue weighted by molar-refractivity contribution is 0.104. The molecule has 3 rings (SSSR count). The van der Waals surface area contributed by atoms with Crippen LogP contribution in [0.2, 0.25) is 0 Å². The van der Waals surface area contributed by atoms with Gasteiger partial charge >= 0.3 is 0 Å². The molecule has 0 radical (unpaired) electrons. The summed E-state index contributed by atoms with van der Waals surface area (Å²) in [5.41, 5.74) is 0.695. The van der Waals surface area contributed by atoms with E-state index in [1.807, 2.05) is 6.92 Å². The van der Waals surface area contributed by atoms with Gasteiger partial charge in [-0.15, -0.1) is 0 Å². The molecule has 96 valence electrons. The second-order valence-corrected chi connectivity index (χ2v) is 5.31. The van der Waals surface area contributed by atoms with Crippen LogP contribution in [0.5, 0.6) is 0 Å². The zero-order chi connectivity index (χ0) is 12.9. The van der Waals surface area contributed by atoms with Crippen molar-refractivity contribution >= 4 is 11.0 Å². The normalized spacial score (nSPS) is 26.8. The highest BCUT2D eigenvalue weighted by atomic mass is 19.1. The van der Waals surface area contributed by atoms with Gasteiger partial charge in [0.2, 0.25) is 0 Å². The van der Waals surface area contributed by atoms with Crippen LogP contribution in [0.1, 0.15) is 37.5 Å². The maximum atomic E-state index is 13.2. The molecule has 1 aliphatic rings. The average Bonchev–Trinajstić information content (AvgIpc) is 2.86. The minimum absolute atomic E-state index is 0.272. The Morgan fingerprint density at radius 3 is 3.00 bits per heavy atom. The number of furan rings is 1. The van der Waals surface area contributed by atoms with Crippen LogP contribution in [0, 0.1) is 18.7 Å². The second-order valence-electron chi connectivity index (χ2n) is 5.31. The first-order valence-electron chi connectivity index (χ1n) is 6.47. The lowest BCUT2D eigenvalue weighted by Crippen LogP contribution is -2.08. The number of aryl methyl sites for hydroxylation is 1. The lowest BCUT2D eigenvalue weighted by Gasteiger charge is -2.07. The van der Waals surface area contributed by atoms with E-state index in [2.05, 4.69) is 6.92 Å². The van der Waals surface area contributed by atoms with Crippen molar-refractivity contribution < 1.29 is 13.9 Å². The molecule has 1 heterocycles. The van der Waals surface area contributed by atoms with E-state index in [0.29, 0.717) is 11.3 Å². The first kappa shape index (κ1) is 11.7. The summed E-state index contributed by atoms with van der Waals surface area (Å²) in [5, 5.41) is 11.3. The van der Waals surface area contributed by atoms with Crippen molar-refractivity contribution in [3.8, 4) is 0 Å². The molecule has 1 saturated carbocycles. The van der Waals surface area contributed by atoms with Gasteiger partial charge in [-0.05, 0) is 43.9 Å². The van der Waals surface area contributed by atoms with Crippen molar-refractivity contribution in [1.29, 1.82) is 0 Å². The summed E-state index contributed by atoms with van der Waals surface area (Å²) < 4.78 is 19.0. The summed E-state index contributed by atoms with van der Waals surface area (Å²) in [6.07, 6.45) is 2.81. The molecule has 1 fully saturated rings. The smallest absolute Gasteiger partial charge is 0.140 e. The molecule has 2 nitrogen and oxygen atoms in total. The van der Waals surface area contributed by atoms with E-state index in [4.69, 9.17) is 4.42 Å². The Kier molecular flexibility index (Phi) is 2.49. The van der Waals surface area contributed by atoms with Crippen LogP contribution in [0.4, 0.5) is 4.39 Å². The maximum absolute atomic E-state index is 13.2. The van der Waals surface area contributed by atoms with Crippen molar-refractivity contribution in [2.45, 2.75) is 38.7 Å². The van der Waals surface area contributed by atoms with E-state index in [1.165, 1.54) is 12.1 Å². The van der Waals surface area contributed by atoms with E-state index in [9.17, 15) is 9.50 Å². The molecule has 1 aliphatic carbocycles. The predicted molar refractivity (Wildman–Crippen MR) is 67.8 cm³/mol. The number of hydrogen-bond donors (Lipinski definition) is 1. The Morgan fingerprint density at radius 1 is 1.50 bits per heavy atom. The molecule has 0 amide bonds. The number of hydrogen-bond acceptors (Lipinski definition) is 2. The number of halogens is 1. The molecule has 1 aromatic heterocycles. The van der Waals surface area contributed by atoms with E-state index in [-0.39, 0.29) is 11.7 Å². The largest absolute Gasteiger partial charge is 0.458 e. The average molecular weight is 248 g/mol. The van der Waals surface area contributed by atoms with E-state index >= 15 is 0 Å². The number of aliphatic hydroxyl groups is 1. The van der Waals surface area contributed by atoms with Crippen molar-refractivity contribution in [3.63, 3.8) is 0 Å². The first-order chi connectivity index (χ1) is 8.56. The third-order valence-corrected chi connectivity index (χ3v) is 4.00. The van der Waals surface area contributed by atoms with Gasteiger partial charge in [-0.25, -0.2) is 4.39 Å². The molecule has 0 saturated heterocycles. The first-order valence-corrected chi connectivity index (χ1v) is 6.47. The molecular weight excluding hydrogens is 231 g/mol. The zero-order valence-corrected chi connectivity index (χ0v) is 10.7. The third kappa shape index (κ3) is 1.57. The van der Waals surface area contributed by atoms with Gasteiger partial charge in [-0.1, -0.05) is 13.3 Å². The monoisotopic (exact) mass is 248 g/mol.